The lowest BCUT2D eigenvalue weighted by Crippen LogP contribution is -2.29. The van der Waals surface area contributed by atoms with Crippen molar-refractivity contribution in [3.63, 3.8) is 0 Å². The molecule has 1 aliphatic rings. The predicted octanol–water partition coefficient (Wildman–Crippen LogP) is 2.24. The molecule has 2 aromatic heterocycles. The quantitative estimate of drug-likeness (QED) is 0.873. The first kappa shape index (κ1) is 15.7. The molecule has 0 bridgehead atoms. The van der Waals surface area contributed by atoms with E-state index in [1.165, 1.54) is 11.8 Å². The van der Waals surface area contributed by atoms with Crippen LogP contribution in [0.3, 0.4) is 0 Å². The standard InChI is InChI=1S/C16H18N4O2S/c1-9-4-5-17-13(6-9)19-14(21)7-12-8-23-16-18-11(3)10(2)15(22)20(12)16/h4-6,12H,7-8H2,1-3H3,(H,17,19,21). The number of aryl methyl sites for hydroxylation is 2. The van der Waals surface area contributed by atoms with E-state index in [-0.39, 0.29) is 23.9 Å². The van der Waals surface area contributed by atoms with Crippen molar-refractivity contribution in [3.05, 3.63) is 45.5 Å². The van der Waals surface area contributed by atoms with Crippen LogP contribution in [0, 0.1) is 20.8 Å². The van der Waals surface area contributed by atoms with Gasteiger partial charge in [-0.05, 0) is 38.5 Å². The Balaban J connectivity index is 1.77. The van der Waals surface area contributed by atoms with Crippen LogP contribution < -0.4 is 10.9 Å². The number of carbonyl (C=O) groups is 1. The van der Waals surface area contributed by atoms with E-state index in [9.17, 15) is 9.59 Å². The summed E-state index contributed by atoms with van der Waals surface area (Å²) in [5.74, 6) is 1.07. The lowest BCUT2D eigenvalue weighted by molar-refractivity contribution is -0.116. The van der Waals surface area contributed by atoms with Crippen LogP contribution in [0.15, 0.2) is 28.3 Å². The van der Waals surface area contributed by atoms with Crippen molar-refractivity contribution in [3.8, 4) is 0 Å². The van der Waals surface area contributed by atoms with Crippen LogP contribution in [0.4, 0.5) is 5.82 Å². The number of fused-ring (bicyclic) bond motifs is 1. The van der Waals surface area contributed by atoms with Crippen molar-refractivity contribution >= 4 is 23.5 Å². The van der Waals surface area contributed by atoms with Gasteiger partial charge in [-0.2, -0.15) is 0 Å². The number of hydrogen-bond donors (Lipinski definition) is 1. The molecule has 1 amide bonds. The van der Waals surface area contributed by atoms with Gasteiger partial charge in [0.05, 0.1) is 6.04 Å². The average molecular weight is 330 g/mol. The highest BCUT2D eigenvalue weighted by atomic mass is 32.2. The molecule has 7 heteroatoms. The van der Waals surface area contributed by atoms with Crippen molar-refractivity contribution in [1.82, 2.24) is 14.5 Å². The van der Waals surface area contributed by atoms with E-state index in [0.717, 1.165) is 11.3 Å². The topological polar surface area (TPSA) is 76.9 Å². The third kappa shape index (κ3) is 3.14. The molecule has 0 fully saturated rings. The van der Waals surface area contributed by atoms with Gasteiger partial charge in [0.2, 0.25) is 5.91 Å². The van der Waals surface area contributed by atoms with Gasteiger partial charge in [0.15, 0.2) is 5.16 Å². The summed E-state index contributed by atoms with van der Waals surface area (Å²) in [7, 11) is 0. The monoisotopic (exact) mass is 330 g/mol. The van der Waals surface area contributed by atoms with Gasteiger partial charge in [0, 0.05) is 29.6 Å². The Morgan fingerprint density at radius 1 is 1.43 bits per heavy atom. The van der Waals surface area contributed by atoms with Crippen LogP contribution in [-0.2, 0) is 4.79 Å². The molecule has 0 saturated heterocycles. The summed E-state index contributed by atoms with van der Waals surface area (Å²) in [6.07, 6.45) is 1.89. The molecule has 2 aromatic rings. The van der Waals surface area contributed by atoms with Crippen LogP contribution in [0.5, 0.6) is 0 Å². The molecule has 120 valence electrons. The van der Waals surface area contributed by atoms with Crippen molar-refractivity contribution in [2.75, 3.05) is 11.1 Å². The number of thioether (sulfide) groups is 1. The molecule has 1 atom stereocenters. The number of nitrogens with one attached hydrogen (secondary N) is 1. The SMILES string of the molecule is Cc1ccnc(NC(=O)CC2CSc3nc(C)c(C)c(=O)n32)c1. The zero-order valence-electron chi connectivity index (χ0n) is 13.3. The van der Waals surface area contributed by atoms with E-state index >= 15 is 0 Å². The second-order valence-corrected chi connectivity index (χ2v) is 6.70. The minimum atomic E-state index is -0.167. The van der Waals surface area contributed by atoms with Crippen LogP contribution in [-0.4, -0.2) is 26.2 Å². The van der Waals surface area contributed by atoms with Gasteiger partial charge < -0.3 is 5.32 Å². The third-order valence-corrected chi connectivity index (χ3v) is 5.02. The Hall–Kier alpha value is -2.15. The van der Waals surface area contributed by atoms with Crippen LogP contribution in [0.1, 0.15) is 29.3 Å². The highest BCUT2D eigenvalue weighted by Crippen LogP contribution is 2.32. The molecular weight excluding hydrogens is 312 g/mol. The first-order valence-corrected chi connectivity index (χ1v) is 8.39. The maximum Gasteiger partial charge on any atom is 0.257 e. The van der Waals surface area contributed by atoms with Crippen LogP contribution in [0.2, 0.25) is 0 Å². The molecule has 0 aliphatic carbocycles. The second kappa shape index (κ2) is 6.16. The first-order chi connectivity index (χ1) is 11.0. The number of rotatable bonds is 3. The molecule has 0 aromatic carbocycles. The van der Waals surface area contributed by atoms with Gasteiger partial charge in [0.1, 0.15) is 5.82 Å². The third-order valence-electron chi connectivity index (χ3n) is 3.93. The molecule has 1 aliphatic heterocycles. The fraction of sp³-hybridized carbons (Fsp3) is 0.375. The second-order valence-electron chi connectivity index (χ2n) is 5.72. The minimum Gasteiger partial charge on any atom is -0.311 e. The zero-order valence-corrected chi connectivity index (χ0v) is 14.1. The van der Waals surface area contributed by atoms with E-state index < -0.39 is 0 Å². The Kier molecular flexibility index (Phi) is 4.21. The lowest BCUT2D eigenvalue weighted by Gasteiger charge is -2.14. The number of nitrogens with zero attached hydrogens (tertiary/aromatic N) is 3. The average Bonchev–Trinajstić information content (AvgIpc) is 2.87. The summed E-state index contributed by atoms with van der Waals surface area (Å²) in [4.78, 5) is 33.3. The summed E-state index contributed by atoms with van der Waals surface area (Å²) in [6.45, 7) is 5.55. The molecule has 0 radical (unpaired) electrons. The lowest BCUT2D eigenvalue weighted by atomic mass is 10.2. The van der Waals surface area contributed by atoms with E-state index in [0.29, 0.717) is 22.3 Å². The molecule has 3 rings (SSSR count). The molecule has 1 unspecified atom stereocenters. The fourth-order valence-electron chi connectivity index (χ4n) is 2.54. The highest BCUT2D eigenvalue weighted by Gasteiger charge is 2.28. The molecule has 0 spiro atoms. The predicted molar refractivity (Wildman–Crippen MR) is 90.0 cm³/mol. The van der Waals surface area contributed by atoms with E-state index in [1.54, 1.807) is 17.7 Å². The summed E-state index contributed by atoms with van der Waals surface area (Å²) >= 11 is 1.52. The van der Waals surface area contributed by atoms with E-state index in [4.69, 9.17) is 0 Å². The van der Waals surface area contributed by atoms with Crippen molar-refractivity contribution in [1.29, 1.82) is 0 Å². The molecule has 3 heterocycles. The number of anilines is 1. The molecule has 1 N–H and O–H groups in total. The number of carbonyl (C=O) groups excluding carboxylic acids is 1. The van der Waals surface area contributed by atoms with Gasteiger partial charge in [-0.25, -0.2) is 9.97 Å². The Morgan fingerprint density at radius 3 is 2.96 bits per heavy atom. The normalized spacial score (nSPS) is 16.2. The Morgan fingerprint density at radius 2 is 2.22 bits per heavy atom. The molecule has 0 saturated carbocycles. The number of hydrogen-bond acceptors (Lipinski definition) is 5. The van der Waals surface area contributed by atoms with Crippen molar-refractivity contribution < 1.29 is 4.79 Å². The van der Waals surface area contributed by atoms with Crippen LogP contribution in [0.25, 0.3) is 0 Å². The molecule has 6 nitrogen and oxygen atoms in total. The smallest absolute Gasteiger partial charge is 0.257 e. The summed E-state index contributed by atoms with van der Waals surface area (Å²) in [6, 6.07) is 3.52. The largest absolute Gasteiger partial charge is 0.311 e. The summed E-state index contributed by atoms with van der Waals surface area (Å²) < 4.78 is 1.65. The van der Waals surface area contributed by atoms with Gasteiger partial charge in [-0.3, -0.25) is 14.2 Å². The summed E-state index contributed by atoms with van der Waals surface area (Å²) in [5, 5.41) is 3.49. The zero-order chi connectivity index (χ0) is 16.6. The van der Waals surface area contributed by atoms with E-state index in [2.05, 4.69) is 15.3 Å². The Bertz CT molecular complexity index is 831. The molecule has 23 heavy (non-hydrogen) atoms. The van der Waals surface area contributed by atoms with E-state index in [1.807, 2.05) is 26.0 Å². The maximum absolute atomic E-state index is 12.4. The molecular formula is C16H18N4O2S. The van der Waals surface area contributed by atoms with Gasteiger partial charge in [-0.1, -0.05) is 11.8 Å². The summed E-state index contributed by atoms with van der Waals surface area (Å²) in [5.41, 5.74) is 2.37. The van der Waals surface area contributed by atoms with Crippen molar-refractivity contribution in [2.45, 2.75) is 38.4 Å². The Labute approximate surface area is 138 Å². The van der Waals surface area contributed by atoms with Crippen molar-refractivity contribution in [2.24, 2.45) is 0 Å². The maximum atomic E-state index is 12.4. The first-order valence-electron chi connectivity index (χ1n) is 7.40. The minimum absolute atomic E-state index is 0.0519. The van der Waals surface area contributed by atoms with Gasteiger partial charge in [-0.15, -0.1) is 0 Å². The number of aromatic nitrogens is 3. The fourth-order valence-corrected chi connectivity index (χ4v) is 3.72. The van der Waals surface area contributed by atoms with Gasteiger partial charge >= 0.3 is 0 Å². The number of pyridine rings is 1. The van der Waals surface area contributed by atoms with Gasteiger partial charge in [0.25, 0.3) is 5.56 Å². The highest BCUT2D eigenvalue weighted by molar-refractivity contribution is 7.99. The number of amides is 1. The van der Waals surface area contributed by atoms with Crippen LogP contribution >= 0.6 is 11.8 Å².